The molecule has 0 saturated heterocycles. The van der Waals surface area contributed by atoms with Crippen molar-refractivity contribution in [1.82, 2.24) is 14.7 Å². The molecule has 0 aliphatic heterocycles. The molecular weight excluding hydrogens is 475 g/mol. The number of nitrogens with one attached hydrogen (secondary N) is 2. The lowest BCUT2D eigenvalue weighted by Gasteiger charge is -2.19. The van der Waals surface area contributed by atoms with Crippen molar-refractivity contribution in [2.45, 2.75) is 32.4 Å². The number of anilines is 2. The van der Waals surface area contributed by atoms with E-state index in [-0.39, 0.29) is 5.41 Å². The number of methoxy groups -OCH3 is 1. The molecule has 0 atom stereocenters. The predicted molar refractivity (Wildman–Crippen MR) is 131 cm³/mol. The number of benzene rings is 2. The second-order valence-corrected chi connectivity index (χ2v) is 9.15. The van der Waals surface area contributed by atoms with E-state index < -0.39 is 35.9 Å². The number of para-hydroxylation sites is 1. The van der Waals surface area contributed by atoms with Crippen molar-refractivity contribution in [3.05, 3.63) is 65.9 Å². The first-order valence-electron chi connectivity index (χ1n) is 11.0. The number of alkyl halides is 3. The Morgan fingerprint density at radius 1 is 1.03 bits per heavy atom. The minimum absolute atomic E-state index is 0.306. The van der Waals surface area contributed by atoms with Gasteiger partial charge in [0.1, 0.15) is 18.1 Å². The van der Waals surface area contributed by atoms with E-state index in [0.717, 1.165) is 22.7 Å². The number of hydrogen-bond acceptors (Lipinski definition) is 4. The van der Waals surface area contributed by atoms with Crippen molar-refractivity contribution >= 4 is 23.4 Å². The first-order chi connectivity index (χ1) is 16.8. The quantitative estimate of drug-likeness (QED) is 0.478. The Balaban J connectivity index is 1.76. The summed E-state index contributed by atoms with van der Waals surface area (Å²) in [6.45, 7) is 5.54. The van der Waals surface area contributed by atoms with Gasteiger partial charge in [0.05, 0.1) is 29.7 Å². The average molecular weight is 504 g/mol. The molecule has 2 N–H and O–H groups in total. The van der Waals surface area contributed by atoms with Crippen LogP contribution in [0.4, 0.5) is 29.5 Å². The van der Waals surface area contributed by atoms with Crippen LogP contribution in [-0.2, 0) is 16.4 Å². The molecule has 0 unspecified atom stereocenters. The Hall–Kier alpha value is -4.02. The number of amides is 3. The minimum atomic E-state index is -4.63. The summed E-state index contributed by atoms with van der Waals surface area (Å²) in [6.07, 6.45) is -4.63. The number of ether oxygens (including phenoxy) is 1. The van der Waals surface area contributed by atoms with E-state index in [2.05, 4.69) is 15.7 Å². The molecule has 0 radical (unpaired) electrons. The molecule has 2 aromatic carbocycles. The van der Waals surface area contributed by atoms with Crippen molar-refractivity contribution < 1.29 is 27.5 Å². The highest BCUT2D eigenvalue weighted by atomic mass is 19.4. The van der Waals surface area contributed by atoms with Gasteiger partial charge in [0.2, 0.25) is 5.91 Å². The van der Waals surface area contributed by atoms with Gasteiger partial charge in [0.15, 0.2) is 0 Å². The van der Waals surface area contributed by atoms with E-state index in [9.17, 15) is 22.8 Å². The van der Waals surface area contributed by atoms with Gasteiger partial charge >= 0.3 is 12.2 Å². The van der Waals surface area contributed by atoms with Gasteiger partial charge in [-0.25, -0.2) is 9.48 Å². The summed E-state index contributed by atoms with van der Waals surface area (Å²) < 4.78 is 46.4. The van der Waals surface area contributed by atoms with E-state index >= 15 is 0 Å². The first-order valence-corrected chi connectivity index (χ1v) is 11.0. The van der Waals surface area contributed by atoms with Crippen LogP contribution in [0.5, 0.6) is 5.75 Å². The van der Waals surface area contributed by atoms with E-state index in [0.29, 0.717) is 17.3 Å². The van der Waals surface area contributed by atoms with Gasteiger partial charge in [0, 0.05) is 18.5 Å². The van der Waals surface area contributed by atoms with Crippen LogP contribution in [0, 0.1) is 0 Å². The highest BCUT2D eigenvalue weighted by Gasteiger charge is 2.34. The summed E-state index contributed by atoms with van der Waals surface area (Å²) in [6, 6.07) is 12.6. The Morgan fingerprint density at radius 3 is 2.25 bits per heavy atom. The minimum Gasteiger partial charge on any atom is -0.497 e. The fourth-order valence-electron chi connectivity index (χ4n) is 3.28. The molecule has 0 saturated carbocycles. The van der Waals surface area contributed by atoms with Crippen LogP contribution in [0.15, 0.2) is 54.6 Å². The molecule has 11 heteroatoms. The van der Waals surface area contributed by atoms with Crippen LogP contribution in [0.25, 0.3) is 5.69 Å². The zero-order valence-corrected chi connectivity index (χ0v) is 20.6. The smallest absolute Gasteiger partial charge is 0.418 e. The molecule has 192 valence electrons. The lowest BCUT2D eigenvalue weighted by molar-refractivity contribution is -0.137. The summed E-state index contributed by atoms with van der Waals surface area (Å²) in [5.41, 5.74) is -0.274. The van der Waals surface area contributed by atoms with Crippen molar-refractivity contribution in [3.8, 4) is 11.4 Å². The normalized spacial score (nSPS) is 11.7. The number of hydrogen-bond donors (Lipinski definition) is 2. The molecule has 0 bridgehead atoms. The zero-order chi connectivity index (χ0) is 26.7. The molecule has 0 spiro atoms. The maximum absolute atomic E-state index is 13.2. The maximum Gasteiger partial charge on any atom is 0.418 e. The molecule has 1 aromatic heterocycles. The molecule has 0 fully saturated rings. The van der Waals surface area contributed by atoms with E-state index in [1.165, 1.54) is 19.2 Å². The molecule has 3 amide bonds. The summed E-state index contributed by atoms with van der Waals surface area (Å²) in [5, 5.41) is 9.58. The maximum atomic E-state index is 13.2. The van der Waals surface area contributed by atoms with Gasteiger partial charge in [-0.05, 0) is 36.4 Å². The van der Waals surface area contributed by atoms with Crippen molar-refractivity contribution in [3.63, 3.8) is 0 Å². The SMILES string of the molecule is COc1ccc(-n2nc(C(C)(C)C)cc2NC(=O)CN(C)C(=O)Nc2ccccc2C(F)(F)F)cc1. The number of nitrogens with zero attached hydrogens (tertiary/aromatic N) is 3. The molecule has 3 rings (SSSR count). The van der Waals surface area contributed by atoms with Crippen LogP contribution in [-0.4, -0.2) is 47.3 Å². The third-order valence-corrected chi connectivity index (χ3v) is 5.26. The number of urea groups is 1. The number of halogens is 3. The first kappa shape index (κ1) is 26.6. The molecule has 3 aromatic rings. The van der Waals surface area contributed by atoms with Crippen molar-refractivity contribution in [1.29, 1.82) is 0 Å². The van der Waals surface area contributed by atoms with Crippen LogP contribution in [0.1, 0.15) is 32.0 Å². The van der Waals surface area contributed by atoms with Gasteiger partial charge in [-0.15, -0.1) is 0 Å². The van der Waals surface area contributed by atoms with E-state index in [4.69, 9.17) is 4.74 Å². The fourth-order valence-corrected chi connectivity index (χ4v) is 3.28. The lowest BCUT2D eigenvalue weighted by Crippen LogP contribution is -2.38. The van der Waals surface area contributed by atoms with E-state index in [1.54, 1.807) is 42.1 Å². The number of aromatic nitrogens is 2. The van der Waals surface area contributed by atoms with Gasteiger partial charge in [-0.2, -0.15) is 18.3 Å². The van der Waals surface area contributed by atoms with Crippen molar-refractivity contribution in [2.24, 2.45) is 0 Å². The fraction of sp³-hybridized carbons (Fsp3) is 0.320. The summed E-state index contributed by atoms with van der Waals surface area (Å²) >= 11 is 0. The van der Waals surface area contributed by atoms with Gasteiger partial charge in [0.25, 0.3) is 0 Å². The molecule has 1 heterocycles. The Kier molecular flexibility index (Phi) is 7.61. The summed E-state index contributed by atoms with van der Waals surface area (Å²) in [4.78, 5) is 26.3. The average Bonchev–Trinajstić information content (AvgIpc) is 3.22. The highest BCUT2D eigenvalue weighted by molar-refractivity contribution is 5.97. The standard InChI is InChI=1S/C25H28F3N5O3/c1-24(2,3)20-14-21(33(31-20)16-10-12-17(36-5)13-11-16)30-22(34)15-32(4)23(35)29-19-9-7-6-8-18(19)25(26,27)28/h6-14H,15H2,1-5H3,(H,29,35)(H,30,34). The van der Waals surface area contributed by atoms with Gasteiger partial charge in [-0.3, -0.25) is 4.79 Å². The Morgan fingerprint density at radius 2 is 1.67 bits per heavy atom. The van der Waals surface area contributed by atoms with Gasteiger partial charge < -0.3 is 20.3 Å². The summed E-state index contributed by atoms with van der Waals surface area (Å²) in [7, 11) is 2.87. The molecule has 8 nitrogen and oxygen atoms in total. The monoisotopic (exact) mass is 503 g/mol. The number of likely N-dealkylation sites (N-methyl/N-ethyl adjacent to an activating group) is 1. The number of carbonyl (C=O) groups is 2. The van der Waals surface area contributed by atoms with Crippen molar-refractivity contribution in [2.75, 3.05) is 31.3 Å². The van der Waals surface area contributed by atoms with Crippen LogP contribution >= 0.6 is 0 Å². The molecule has 0 aliphatic rings. The Labute approximate surface area is 207 Å². The van der Waals surface area contributed by atoms with E-state index in [1.807, 2.05) is 20.8 Å². The van der Waals surface area contributed by atoms with Crippen LogP contribution in [0.3, 0.4) is 0 Å². The number of rotatable bonds is 6. The zero-order valence-electron chi connectivity index (χ0n) is 20.6. The van der Waals surface area contributed by atoms with Crippen LogP contribution in [0.2, 0.25) is 0 Å². The number of carbonyl (C=O) groups excluding carboxylic acids is 2. The second kappa shape index (κ2) is 10.3. The highest BCUT2D eigenvalue weighted by Crippen LogP contribution is 2.34. The molecular formula is C25H28F3N5O3. The van der Waals surface area contributed by atoms with Gasteiger partial charge in [-0.1, -0.05) is 32.9 Å². The third kappa shape index (κ3) is 6.35. The predicted octanol–water partition coefficient (Wildman–Crippen LogP) is 5.30. The molecule has 36 heavy (non-hydrogen) atoms. The topological polar surface area (TPSA) is 88.5 Å². The summed E-state index contributed by atoms with van der Waals surface area (Å²) in [5.74, 6) is 0.491. The largest absolute Gasteiger partial charge is 0.497 e. The Bertz CT molecular complexity index is 1230. The third-order valence-electron chi connectivity index (χ3n) is 5.26. The lowest BCUT2D eigenvalue weighted by atomic mass is 9.92. The molecule has 0 aliphatic carbocycles. The van der Waals surface area contributed by atoms with Crippen LogP contribution < -0.4 is 15.4 Å². The second-order valence-electron chi connectivity index (χ2n) is 9.15.